The molecule has 9 N–H and O–H groups in total. The number of nitrogens with one attached hydrogen (secondary N) is 3. The van der Waals surface area contributed by atoms with E-state index in [2.05, 4.69) is 31.1 Å². The van der Waals surface area contributed by atoms with E-state index in [1.54, 1.807) is 0 Å². The summed E-state index contributed by atoms with van der Waals surface area (Å²) in [5.74, 6) is -5.45. The largest absolute Gasteiger partial charge is 0.503 e. The molecule has 1 saturated carbocycles. The molecule has 3 heterocycles. The van der Waals surface area contributed by atoms with Crippen LogP contribution in [0.4, 0.5) is 10.9 Å². The standard InChI is InChI=1S/C21H22N10O11S2/c22-8-25-20(27-13-4-11(32)12(33)6-30(13)38)24-5-10-15(17(35)31(10)44(39,40)41)28-16(34)14(9-7-43-19(23)26-9)29-42-21(18(36)37)2-1-3-21/h4,6-7,10,15,33,38H,1-3,5H2,(H2,23,26)(H,28,34)(H,36,37)(H2,24,25,27)(H,39,40,41). The van der Waals surface area contributed by atoms with Gasteiger partial charge in [0.05, 0.1) is 18.8 Å². The highest BCUT2D eigenvalue weighted by molar-refractivity contribution is 7.84. The van der Waals surface area contributed by atoms with E-state index in [1.807, 2.05) is 0 Å². The van der Waals surface area contributed by atoms with Crippen LogP contribution in [0.3, 0.4) is 0 Å². The van der Waals surface area contributed by atoms with Crippen molar-refractivity contribution < 1.29 is 47.6 Å². The second-order valence-corrected chi connectivity index (χ2v) is 11.4. The Labute approximate surface area is 249 Å². The number of aromatic hydroxyl groups is 1. The lowest BCUT2D eigenvalue weighted by molar-refractivity contribution is -0.178. The molecule has 1 aliphatic heterocycles. The van der Waals surface area contributed by atoms with E-state index in [1.165, 1.54) is 11.6 Å². The number of aliphatic imine (C=N–C) groups is 1. The highest BCUT2D eigenvalue weighted by Crippen LogP contribution is 2.36. The summed E-state index contributed by atoms with van der Waals surface area (Å²) >= 11 is 0.908. The molecule has 0 spiro atoms. The Morgan fingerprint density at radius 2 is 2.05 bits per heavy atom. The maximum absolute atomic E-state index is 13.3. The molecule has 2 aromatic rings. The third-order valence-electron chi connectivity index (χ3n) is 6.42. The van der Waals surface area contributed by atoms with E-state index in [-0.39, 0.29) is 32.7 Å². The number of thiazole rings is 1. The summed E-state index contributed by atoms with van der Waals surface area (Å²) in [6.45, 7) is -0.712. The predicted octanol–water partition coefficient (Wildman–Crippen LogP) is -2.40. The van der Waals surface area contributed by atoms with Gasteiger partial charge in [-0.1, -0.05) is 5.16 Å². The molecule has 4 rings (SSSR count). The van der Waals surface area contributed by atoms with E-state index in [4.69, 9.17) is 15.8 Å². The molecule has 44 heavy (non-hydrogen) atoms. The molecule has 0 bridgehead atoms. The number of hydrogen-bond acceptors (Lipinski definition) is 15. The number of carboxylic acid groups (broad SMARTS) is 1. The van der Waals surface area contributed by atoms with E-state index >= 15 is 0 Å². The van der Waals surface area contributed by atoms with E-state index in [9.17, 15) is 47.6 Å². The SMILES string of the molecule is N#CNC(=NCC1C(NC(=O)C(=NOC2(C(=O)O)CCC2)c2csc(N)n2)C(=O)N1S(=O)(=O)O)Nc1cc(=O)c(O)cn1O. The van der Waals surface area contributed by atoms with Crippen LogP contribution in [0.1, 0.15) is 25.0 Å². The lowest BCUT2D eigenvalue weighted by Crippen LogP contribution is -2.73. The van der Waals surface area contributed by atoms with Gasteiger partial charge in [-0.25, -0.2) is 19.1 Å². The summed E-state index contributed by atoms with van der Waals surface area (Å²) in [7, 11) is -5.18. The smallest absolute Gasteiger partial charge is 0.362 e. The van der Waals surface area contributed by atoms with Crippen molar-refractivity contribution in [3.63, 3.8) is 0 Å². The Morgan fingerprint density at radius 1 is 1.34 bits per heavy atom. The van der Waals surface area contributed by atoms with Gasteiger partial charge in [0.15, 0.2) is 28.6 Å². The molecule has 2 unspecified atom stereocenters. The number of carbonyl (C=O) groups is 3. The van der Waals surface area contributed by atoms with Gasteiger partial charge < -0.3 is 36.6 Å². The van der Waals surface area contributed by atoms with Gasteiger partial charge in [-0.2, -0.15) is 18.4 Å². The zero-order chi connectivity index (χ0) is 32.4. The van der Waals surface area contributed by atoms with Crippen LogP contribution in [-0.2, 0) is 29.5 Å². The molecule has 1 saturated heterocycles. The minimum Gasteiger partial charge on any atom is -0.503 e. The van der Waals surface area contributed by atoms with Crippen LogP contribution in [0.2, 0.25) is 0 Å². The van der Waals surface area contributed by atoms with Gasteiger partial charge in [-0.15, -0.1) is 11.3 Å². The number of nitrogens with zero attached hydrogens (tertiary/aromatic N) is 6. The summed E-state index contributed by atoms with van der Waals surface area (Å²) in [4.78, 5) is 62.4. The van der Waals surface area contributed by atoms with Gasteiger partial charge in [-0.3, -0.25) is 24.3 Å². The first kappa shape index (κ1) is 31.5. The average molecular weight is 655 g/mol. The van der Waals surface area contributed by atoms with Gasteiger partial charge in [0, 0.05) is 24.3 Å². The number of carbonyl (C=O) groups excluding carboxylic acids is 2. The summed E-state index contributed by atoms with van der Waals surface area (Å²) in [6.07, 6.45) is 2.87. The number of nitrogen functional groups attached to an aromatic ring is 1. The van der Waals surface area contributed by atoms with Crippen molar-refractivity contribution in [1.29, 1.82) is 5.26 Å². The van der Waals surface area contributed by atoms with Gasteiger partial charge in [-0.05, 0) is 6.42 Å². The summed E-state index contributed by atoms with van der Waals surface area (Å²) in [6, 6.07) is -2.52. The summed E-state index contributed by atoms with van der Waals surface area (Å²) in [5.41, 5.74) is 2.29. The minimum atomic E-state index is -5.18. The number of hydrogen-bond donors (Lipinski definition) is 8. The molecule has 1 aliphatic carbocycles. The van der Waals surface area contributed by atoms with E-state index in [0.717, 1.165) is 17.4 Å². The van der Waals surface area contributed by atoms with Crippen LogP contribution >= 0.6 is 11.3 Å². The van der Waals surface area contributed by atoms with Crippen molar-refractivity contribution >= 4 is 62.0 Å². The van der Waals surface area contributed by atoms with Crippen molar-refractivity contribution in [3.8, 4) is 11.9 Å². The first-order chi connectivity index (χ1) is 20.7. The first-order valence-electron chi connectivity index (χ1n) is 12.1. The zero-order valence-corrected chi connectivity index (χ0v) is 23.6. The highest BCUT2D eigenvalue weighted by Gasteiger charge is 2.54. The Morgan fingerprint density at radius 3 is 2.59 bits per heavy atom. The number of nitriles is 1. The zero-order valence-electron chi connectivity index (χ0n) is 21.9. The Bertz CT molecular complexity index is 1770. The van der Waals surface area contributed by atoms with Gasteiger partial charge in [0.2, 0.25) is 17.0 Å². The Kier molecular flexibility index (Phi) is 8.60. The molecule has 2 aliphatic rings. The summed E-state index contributed by atoms with van der Waals surface area (Å²) in [5, 5.41) is 49.5. The predicted molar refractivity (Wildman–Crippen MR) is 147 cm³/mol. The number of aliphatic carboxylic acids is 1. The molecule has 23 heteroatoms. The number of amides is 2. The normalized spacial score (nSPS) is 19.6. The van der Waals surface area contributed by atoms with Crippen molar-refractivity contribution in [2.24, 2.45) is 10.1 Å². The molecule has 2 fully saturated rings. The molecular weight excluding hydrogens is 632 g/mol. The lowest BCUT2D eigenvalue weighted by atomic mass is 9.80. The number of nitrogens with two attached hydrogens (primary N) is 1. The third-order valence-corrected chi connectivity index (χ3v) is 8.04. The molecule has 2 amide bonds. The minimum absolute atomic E-state index is 0.00789. The number of oxime groups is 1. The first-order valence-corrected chi connectivity index (χ1v) is 14.4. The second kappa shape index (κ2) is 12.0. The second-order valence-electron chi connectivity index (χ2n) is 9.19. The van der Waals surface area contributed by atoms with Crippen LogP contribution in [0.15, 0.2) is 32.6 Å². The molecule has 0 radical (unpaired) electrons. The number of β-lactam (4-membered cyclic amide) rings is 1. The van der Waals surface area contributed by atoms with E-state index < -0.39 is 81.0 Å². The average Bonchev–Trinajstić information content (AvgIpc) is 3.33. The summed E-state index contributed by atoms with van der Waals surface area (Å²) < 4.78 is 33.7. The Hall–Kier alpha value is -5.47. The topological polar surface area (TPSA) is 324 Å². The molecule has 21 nitrogen and oxygen atoms in total. The molecular formula is C21H22N10O11S2. The van der Waals surface area contributed by atoms with Gasteiger partial charge >= 0.3 is 16.3 Å². The van der Waals surface area contributed by atoms with Gasteiger partial charge in [0.1, 0.15) is 11.7 Å². The fourth-order valence-electron chi connectivity index (χ4n) is 4.00. The maximum Gasteiger partial charge on any atom is 0.362 e. The van der Waals surface area contributed by atoms with Crippen molar-refractivity contribution in [1.82, 2.24) is 24.7 Å². The van der Waals surface area contributed by atoms with Gasteiger partial charge in [0.25, 0.3) is 11.8 Å². The fourth-order valence-corrected chi connectivity index (χ4v) is 5.42. The van der Waals surface area contributed by atoms with Crippen LogP contribution in [-0.4, -0.2) is 96.1 Å². The van der Waals surface area contributed by atoms with E-state index in [0.29, 0.717) is 12.6 Å². The number of guanidine groups is 1. The van der Waals surface area contributed by atoms with Crippen molar-refractivity contribution in [2.75, 3.05) is 17.6 Å². The number of pyridine rings is 1. The van der Waals surface area contributed by atoms with Crippen LogP contribution < -0.4 is 27.1 Å². The van der Waals surface area contributed by atoms with Crippen LogP contribution in [0.5, 0.6) is 5.75 Å². The molecule has 234 valence electrons. The number of anilines is 2. The third kappa shape index (κ3) is 6.30. The van der Waals surface area contributed by atoms with Crippen molar-refractivity contribution in [2.45, 2.75) is 36.9 Å². The molecule has 2 atom stereocenters. The fraction of sp³-hybridized carbons (Fsp3) is 0.333. The monoisotopic (exact) mass is 654 g/mol. The quantitative estimate of drug-likeness (QED) is 0.0193. The Balaban J connectivity index is 1.60. The number of rotatable bonds is 10. The maximum atomic E-state index is 13.3. The lowest BCUT2D eigenvalue weighted by Gasteiger charge is -2.43. The number of carboxylic acids is 1. The number of aromatic nitrogens is 2. The molecule has 0 aromatic carbocycles. The highest BCUT2D eigenvalue weighted by atomic mass is 32.2. The van der Waals surface area contributed by atoms with Crippen LogP contribution in [0.25, 0.3) is 0 Å². The van der Waals surface area contributed by atoms with Crippen LogP contribution in [0, 0.1) is 11.5 Å². The molecule has 2 aromatic heterocycles. The van der Waals surface area contributed by atoms with Crippen molar-refractivity contribution in [3.05, 3.63) is 33.6 Å².